The van der Waals surface area contributed by atoms with Crippen LogP contribution in [0.5, 0.6) is 5.75 Å². The summed E-state index contributed by atoms with van der Waals surface area (Å²) in [7, 11) is -0.589. The fraction of sp³-hybridized carbons (Fsp3) is 0.118. The van der Waals surface area contributed by atoms with E-state index in [-0.39, 0.29) is 4.90 Å². The number of hydrogen-bond acceptors (Lipinski definition) is 8. The number of nitrogens with one attached hydrogen (secondary N) is 1. The zero-order valence-corrected chi connectivity index (χ0v) is 16.3. The van der Waals surface area contributed by atoms with Crippen molar-refractivity contribution in [3.05, 3.63) is 55.1 Å². The maximum absolute atomic E-state index is 12.9. The predicted octanol–water partition coefficient (Wildman–Crippen LogP) is 1.27. The second-order valence-electron chi connectivity index (χ2n) is 6.04. The fourth-order valence-corrected chi connectivity index (χ4v) is 3.84. The largest absolute Gasteiger partial charge is 0.494 e. The third-order valence-corrected chi connectivity index (χ3v) is 5.52. The van der Waals surface area contributed by atoms with Gasteiger partial charge in [-0.15, -0.1) is 15.3 Å². The van der Waals surface area contributed by atoms with Crippen molar-refractivity contribution in [2.24, 2.45) is 7.05 Å². The molecular weight excluding hydrogens is 396 g/mol. The first-order chi connectivity index (χ1) is 14.0. The van der Waals surface area contributed by atoms with Gasteiger partial charge < -0.3 is 9.30 Å². The van der Waals surface area contributed by atoms with Crippen molar-refractivity contribution in [3.8, 4) is 22.8 Å². The maximum atomic E-state index is 12.9. The van der Waals surface area contributed by atoms with Gasteiger partial charge in [-0.3, -0.25) is 4.72 Å². The van der Waals surface area contributed by atoms with Gasteiger partial charge in [0.15, 0.2) is 5.82 Å². The number of tetrazole rings is 1. The Balaban J connectivity index is 1.68. The number of hydrogen-bond donors (Lipinski definition) is 1. The molecule has 0 saturated heterocycles. The van der Waals surface area contributed by atoms with E-state index in [0.29, 0.717) is 22.9 Å². The Bertz CT molecular complexity index is 1250. The first-order valence-corrected chi connectivity index (χ1v) is 9.85. The molecule has 0 unspecified atom stereocenters. The van der Waals surface area contributed by atoms with Crippen molar-refractivity contribution in [2.75, 3.05) is 11.8 Å². The third kappa shape index (κ3) is 3.65. The number of methoxy groups -OCH3 is 1. The first-order valence-electron chi connectivity index (χ1n) is 8.36. The summed E-state index contributed by atoms with van der Waals surface area (Å²) in [6.45, 7) is 0. The summed E-state index contributed by atoms with van der Waals surface area (Å²) in [4.78, 5) is 0.0351. The molecule has 0 aliphatic rings. The minimum Gasteiger partial charge on any atom is -0.494 e. The summed E-state index contributed by atoms with van der Waals surface area (Å²) >= 11 is 0. The molecule has 0 radical (unpaired) electrons. The van der Waals surface area contributed by atoms with Crippen LogP contribution in [-0.4, -0.2) is 50.5 Å². The molecule has 2 aromatic carbocycles. The predicted molar refractivity (Wildman–Crippen MR) is 103 cm³/mol. The normalized spacial score (nSPS) is 11.4. The molecule has 0 aliphatic carbocycles. The van der Waals surface area contributed by atoms with Crippen LogP contribution in [-0.2, 0) is 17.1 Å². The van der Waals surface area contributed by atoms with Crippen LogP contribution in [0, 0.1) is 0 Å². The van der Waals surface area contributed by atoms with E-state index in [0.717, 1.165) is 5.56 Å². The van der Waals surface area contributed by atoms with Gasteiger partial charge in [0.25, 0.3) is 10.0 Å². The van der Waals surface area contributed by atoms with Crippen molar-refractivity contribution < 1.29 is 13.2 Å². The number of benzene rings is 2. The van der Waals surface area contributed by atoms with Gasteiger partial charge >= 0.3 is 0 Å². The summed E-state index contributed by atoms with van der Waals surface area (Å²) in [6.07, 6.45) is 2.93. The van der Waals surface area contributed by atoms with E-state index in [4.69, 9.17) is 4.74 Å². The highest BCUT2D eigenvalue weighted by atomic mass is 32.2. The van der Waals surface area contributed by atoms with Gasteiger partial charge in [0.05, 0.1) is 12.0 Å². The Morgan fingerprint density at radius 1 is 1.07 bits per heavy atom. The Morgan fingerprint density at radius 2 is 1.93 bits per heavy atom. The van der Waals surface area contributed by atoms with E-state index in [1.54, 1.807) is 35.2 Å². The van der Waals surface area contributed by atoms with Crippen LogP contribution in [0.4, 0.5) is 5.69 Å². The second kappa shape index (κ2) is 7.31. The number of anilines is 1. The van der Waals surface area contributed by atoms with Crippen molar-refractivity contribution in [3.63, 3.8) is 0 Å². The maximum Gasteiger partial charge on any atom is 0.261 e. The van der Waals surface area contributed by atoms with E-state index in [1.165, 1.54) is 30.3 Å². The van der Waals surface area contributed by atoms with Gasteiger partial charge in [-0.05, 0) is 40.8 Å². The van der Waals surface area contributed by atoms with Gasteiger partial charge in [0.1, 0.15) is 24.1 Å². The molecule has 0 saturated carbocycles. The molecule has 4 aromatic rings. The molecule has 0 atom stereocenters. The van der Waals surface area contributed by atoms with Crippen molar-refractivity contribution in [1.29, 1.82) is 0 Å². The Hall–Kier alpha value is -3.80. The molecule has 2 aromatic heterocycles. The van der Waals surface area contributed by atoms with Crippen LogP contribution in [0.2, 0.25) is 0 Å². The monoisotopic (exact) mass is 412 g/mol. The quantitative estimate of drug-likeness (QED) is 0.501. The Labute approximate surface area is 166 Å². The van der Waals surface area contributed by atoms with E-state index in [9.17, 15) is 8.42 Å². The second-order valence-corrected chi connectivity index (χ2v) is 7.72. The molecule has 2 heterocycles. The summed E-state index contributed by atoms with van der Waals surface area (Å²) in [5, 5.41) is 18.8. The van der Waals surface area contributed by atoms with Gasteiger partial charge in [0, 0.05) is 18.3 Å². The number of ether oxygens (including phenoxy) is 1. The van der Waals surface area contributed by atoms with E-state index >= 15 is 0 Å². The van der Waals surface area contributed by atoms with Crippen LogP contribution < -0.4 is 9.46 Å². The molecular formula is C17H16N8O3S. The van der Waals surface area contributed by atoms with Crippen LogP contribution >= 0.6 is 0 Å². The van der Waals surface area contributed by atoms with E-state index in [2.05, 4.69) is 30.4 Å². The standard InChI is InChI=1S/C17H16N8O3S/c1-24-10-18-20-17(24)12-4-3-5-13(8-12)21-29(26,27)14-6-7-16(28-2)15(9-14)25-11-19-22-23-25/h3-11,21H,1-2H3. The molecule has 0 aliphatic heterocycles. The Kier molecular flexibility index (Phi) is 4.68. The highest BCUT2D eigenvalue weighted by molar-refractivity contribution is 7.92. The average molecular weight is 412 g/mol. The fourth-order valence-electron chi connectivity index (χ4n) is 2.77. The third-order valence-electron chi connectivity index (χ3n) is 4.14. The highest BCUT2D eigenvalue weighted by Crippen LogP contribution is 2.27. The number of aromatic nitrogens is 7. The van der Waals surface area contributed by atoms with Gasteiger partial charge in [0.2, 0.25) is 0 Å². The lowest BCUT2D eigenvalue weighted by molar-refractivity contribution is 0.411. The lowest BCUT2D eigenvalue weighted by Crippen LogP contribution is -2.14. The minimum atomic E-state index is -3.88. The summed E-state index contributed by atoms with van der Waals surface area (Å²) in [5.41, 5.74) is 1.52. The first kappa shape index (κ1) is 18.6. The van der Waals surface area contributed by atoms with Crippen LogP contribution in [0.25, 0.3) is 17.1 Å². The highest BCUT2D eigenvalue weighted by Gasteiger charge is 2.19. The molecule has 0 fully saturated rings. The Morgan fingerprint density at radius 3 is 2.62 bits per heavy atom. The van der Waals surface area contributed by atoms with Crippen LogP contribution in [0.3, 0.4) is 0 Å². The van der Waals surface area contributed by atoms with E-state index < -0.39 is 10.0 Å². The van der Waals surface area contributed by atoms with Crippen molar-refractivity contribution >= 4 is 15.7 Å². The van der Waals surface area contributed by atoms with E-state index in [1.807, 2.05) is 13.1 Å². The van der Waals surface area contributed by atoms with Crippen molar-refractivity contribution in [2.45, 2.75) is 4.90 Å². The van der Waals surface area contributed by atoms with Gasteiger partial charge in [-0.2, -0.15) is 4.68 Å². The number of nitrogens with zero attached hydrogens (tertiary/aromatic N) is 7. The smallest absolute Gasteiger partial charge is 0.261 e. The molecule has 29 heavy (non-hydrogen) atoms. The zero-order valence-electron chi connectivity index (χ0n) is 15.5. The lowest BCUT2D eigenvalue weighted by Gasteiger charge is -2.12. The summed E-state index contributed by atoms with van der Waals surface area (Å²) < 4.78 is 36.8. The summed E-state index contributed by atoms with van der Waals surface area (Å²) in [5.74, 6) is 1.05. The van der Waals surface area contributed by atoms with Crippen LogP contribution in [0.1, 0.15) is 0 Å². The van der Waals surface area contributed by atoms with Crippen molar-refractivity contribution in [1.82, 2.24) is 35.0 Å². The van der Waals surface area contributed by atoms with Crippen LogP contribution in [0.15, 0.2) is 60.0 Å². The molecule has 0 amide bonds. The molecule has 0 bridgehead atoms. The zero-order chi connectivity index (χ0) is 20.4. The van der Waals surface area contributed by atoms with Gasteiger partial charge in [-0.25, -0.2) is 8.42 Å². The molecule has 4 rings (SSSR count). The SMILES string of the molecule is COc1ccc(S(=O)(=O)Nc2cccc(-c3nncn3C)c2)cc1-n1cnnn1. The molecule has 0 spiro atoms. The molecule has 1 N–H and O–H groups in total. The van der Waals surface area contributed by atoms with Gasteiger partial charge in [-0.1, -0.05) is 12.1 Å². The number of sulfonamides is 1. The lowest BCUT2D eigenvalue weighted by atomic mass is 10.2. The topological polar surface area (TPSA) is 130 Å². The molecule has 148 valence electrons. The summed E-state index contributed by atoms with van der Waals surface area (Å²) in [6, 6.07) is 11.3. The molecule has 11 nitrogen and oxygen atoms in total. The minimum absolute atomic E-state index is 0.0351. The number of rotatable bonds is 6. The average Bonchev–Trinajstić information content (AvgIpc) is 3.39. The molecule has 12 heteroatoms. The number of aryl methyl sites for hydroxylation is 1.